The third-order valence-corrected chi connectivity index (χ3v) is 1.93. The fourth-order valence-electron chi connectivity index (χ4n) is 1.21. The summed E-state index contributed by atoms with van der Waals surface area (Å²) in [6, 6.07) is 0.930. The molecule has 2 N–H and O–H groups in total. The Kier molecular flexibility index (Phi) is 7.11. The van der Waals surface area contributed by atoms with Crippen LogP contribution in [0.4, 0.5) is 0 Å². The molecule has 0 fully saturated rings. The van der Waals surface area contributed by atoms with Crippen molar-refractivity contribution in [3.8, 4) is 0 Å². The molecule has 72 valence electrons. The van der Waals surface area contributed by atoms with Gasteiger partial charge in [-0.05, 0) is 33.1 Å². The average Bonchev–Trinajstić information content (AvgIpc) is 2.01. The van der Waals surface area contributed by atoms with E-state index in [1.165, 1.54) is 0 Å². The van der Waals surface area contributed by atoms with Gasteiger partial charge in [-0.3, -0.25) is 0 Å². The number of rotatable bonds is 7. The molecule has 2 heteroatoms. The molecule has 0 aromatic carbocycles. The van der Waals surface area contributed by atoms with Crippen LogP contribution in [0.1, 0.15) is 33.1 Å². The molecule has 0 radical (unpaired) electrons. The molecule has 0 saturated carbocycles. The normalized spacial score (nSPS) is 15.6. The Labute approximate surface area is 75.7 Å². The van der Waals surface area contributed by atoms with E-state index in [9.17, 15) is 0 Å². The van der Waals surface area contributed by atoms with Gasteiger partial charge < -0.3 is 10.4 Å². The van der Waals surface area contributed by atoms with E-state index in [1.807, 2.05) is 6.08 Å². The first-order valence-electron chi connectivity index (χ1n) is 4.68. The van der Waals surface area contributed by atoms with Gasteiger partial charge in [0, 0.05) is 18.7 Å². The standard InChI is InChI=1S/C10H21NO/c1-4-5-6-9(2)11-10(3)7-8-12/h4,9-12H,1,5-8H2,2-3H3. The average molecular weight is 171 g/mol. The van der Waals surface area contributed by atoms with Gasteiger partial charge in [0.1, 0.15) is 0 Å². The van der Waals surface area contributed by atoms with E-state index < -0.39 is 0 Å². The summed E-state index contributed by atoms with van der Waals surface area (Å²) < 4.78 is 0. The second kappa shape index (κ2) is 7.32. The first-order valence-corrected chi connectivity index (χ1v) is 4.68. The van der Waals surface area contributed by atoms with Crippen molar-refractivity contribution in [3.05, 3.63) is 12.7 Å². The van der Waals surface area contributed by atoms with Crippen molar-refractivity contribution < 1.29 is 5.11 Å². The molecule has 0 spiro atoms. The van der Waals surface area contributed by atoms with Gasteiger partial charge in [0.25, 0.3) is 0 Å². The SMILES string of the molecule is C=CCCC(C)NC(C)CCO. The molecule has 0 bridgehead atoms. The maximum atomic E-state index is 8.67. The molecular formula is C10H21NO. The number of aliphatic hydroxyl groups excluding tert-OH is 1. The van der Waals surface area contributed by atoms with Crippen molar-refractivity contribution in [1.82, 2.24) is 5.32 Å². The summed E-state index contributed by atoms with van der Waals surface area (Å²) >= 11 is 0. The maximum absolute atomic E-state index is 8.67. The van der Waals surface area contributed by atoms with E-state index in [4.69, 9.17) is 5.11 Å². The number of hydrogen-bond donors (Lipinski definition) is 2. The van der Waals surface area contributed by atoms with Crippen LogP contribution < -0.4 is 5.32 Å². The third kappa shape index (κ3) is 6.38. The van der Waals surface area contributed by atoms with Crippen LogP contribution in [0.15, 0.2) is 12.7 Å². The second-order valence-corrected chi connectivity index (χ2v) is 3.35. The number of aliphatic hydroxyl groups is 1. The summed E-state index contributed by atoms with van der Waals surface area (Å²) in [5.41, 5.74) is 0. The van der Waals surface area contributed by atoms with Crippen LogP contribution in [0.2, 0.25) is 0 Å². The highest BCUT2D eigenvalue weighted by Crippen LogP contribution is 1.99. The quantitative estimate of drug-likeness (QED) is 0.571. The van der Waals surface area contributed by atoms with Crippen molar-refractivity contribution in [2.75, 3.05) is 6.61 Å². The maximum Gasteiger partial charge on any atom is 0.0445 e. The Hall–Kier alpha value is -0.340. The summed E-state index contributed by atoms with van der Waals surface area (Å²) in [7, 11) is 0. The molecule has 0 heterocycles. The fourth-order valence-corrected chi connectivity index (χ4v) is 1.21. The molecule has 2 atom stereocenters. The van der Waals surface area contributed by atoms with Crippen molar-refractivity contribution in [2.45, 2.75) is 45.2 Å². The molecule has 12 heavy (non-hydrogen) atoms. The van der Waals surface area contributed by atoms with Gasteiger partial charge in [-0.2, -0.15) is 0 Å². The van der Waals surface area contributed by atoms with E-state index in [-0.39, 0.29) is 6.61 Å². The van der Waals surface area contributed by atoms with Gasteiger partial charge >= 0.3 is 0 Å². The van der Waals surface area contributed by atoms with Gasteiger partial charge in [0.05, 0.1) is 0 Å². The predicted molar refractivity (Wildman–Crippen MR) is 53.2 cm³/mol. The van der Waals surface area contributed by atoms with E-state index in [2.05, 4.69) is 25.7 Å². The van der Waals surface area contributed by atoms with Crippen LogP contribution in [0.3, 0.4) is 0 Å². The molecule has 0 amide bonds. The van der Waals surface area contributed by atoms with Crippen LogP contribution in [0, 0.1) is 0 Å². The Morgan fingerprint density at radius 1 is 1.33 bits per heavy atom. The van der Waals surface area contributed by atoms with Crippen LogP contribution in [-0.2, 0) is 0 Å². The summed E-state index contributed by atoms with van der Waals surface area (Å²) in [4.78, 5) is 0. The Morgan fingerprint density at radius 2 is 1.92 bits per heavy atom. The summed E-state index contributed by atoms with van der Waals surface area (Å²) in [6.45, 7) is 8.21. The van der Waals surface area contributed by atoms with E-state index in [0.717, 1.165) is 19.3 Å². The Bertz CT molecular complexity index is 114. The van der Waals surface area contributed by atoms with Gasteiger partial charge in [-0.25, -0.2) is 0 Å². The first kappa shape index (κ1) is 11.7. The molecule has 0 aromatic rings. The lowest BCUT2D eigenvalue weighted by Gasteiger charge is -2.18. The van der Waals surface area contributed by atoms with Crippen molar-refractivity contribution in [3.63, 3.8) is 0 Å². The van der Waals surface area contributed by atoms with Crippen molar-refractivity contribution in [1.29, 1.82) is 0 Å². The zero-order chi connectivity index (χ0) is 9.40. The molecule has 2 unspecified atom stereocenters. The van der Waals surface area contributed by atoms with E-state index in [0.29, 0.717) is 12.1 Å². The minimum absolute atomic E-state index is 0.266. The first-order chi connectivity index (χ1) is 5.70. The van der Waals surface area contributed by atoms with Crippen LogP contribution >= 0.6 is 0 Å². The third-order valence-electron chi connectivity index (χ3n) is 1.93. The highest BCUT2D eigenvalue weighted by atomic mass is 16.3. The molecule has 0 saturated heterocycles. The minimum Gasteiger partial charge on any atom is -0.396 e. The van der Waals surface area contributed by atoms with Crippen molar-refractivity contribution >= 4 is 0 Å². The Balaban J connectivity index is 3.39. The second-order valence-electron chi connectivity index (χ2n) is 3.35. The monoisotopic (exact) mass is 171 g/mol. The van der Waals surface area contributed by atoms with Crippen LogP contribution in [0.25, 0.3) is 0 Å². The lowest BCUT2D eigenvalue weighted by Crippen LogP contribution is -2.34. The molecular weight excluding hydrogens is 150 g/mol. The minimum atomic E-state index is 0.266. The molecule has 0 aliphatic carbocycles. The van der Waals surface area contributed by atoms with Crippen LogP contribution in [-0.4, -0.2) is 23.8 Å². The molecule has 0 rings (SSSR count). The lowest BCUT2D eigenvalue weighted by molar-refractivity contribution is 0.263. The zero-order valence-corrected chi connectivity index (χ0v) is 8.21. The topological polar surface area (TPSA) is 32.3 Å². The number of hydrogen-bond acceptors (Lipinski definition) is 2. The predicted octanol–water partition coefficient (Wildman–Crippen LogP) is 1.70. The van der Waals surface area contributed by atoms with Gasteiger partial charge in [-0.1, -0.05) is 6.08 Å². The summed E-state index contributed by atoms with van der Waals surface area (Å²) in [5.74, 6) is 0. The Morgan fingerprint density at radius 3 is 2.42 bits per heavy atom. The van der Waals surface area contributed by atoms with Crippen LogP contribution in [0.5, 0.6) is 0 Å². The van der Waals surface area contributed by atoms with E-state index in [1.54, 1.807) is 0 Å². The number of allylic oxidation sites excluding steroid dienone is 1. The zero-order valence-electron chi connectivity index (χ0n) is 8.21. The highest BCUT2D eigenvalue weighted by molar-refractivity contribution is 4.73. The lowest BCUT2D eigenvalue weighted by atomic mass is 10.1. The number of nitrogens with one attached hydrogen (secondary N) is 1. The van der Waals surface area contributed by atoms with Crippen molar-refractivity contribution in [2.24, 2.45) is 0 Å². The van der Waals surface area contributed by atoms with Gasteiger partial charge in [0.15, 0.2) is 0 Å². The molecule has 0 aromatic heterocycles. The summed E-state index contributed by atoms with van der Waals surface area (Å²) in [6.07, 6.45) is 4.95. The highest BCUT2D eigenvalue weighted by Gasteiger charge is 2.04. The summed E-state index contributed by atoms with van der Waals surface area (Å²) in [5, 5.41) is 12.1. The molecule has 0 aliphatic rings. The fraction of sp³-hybridized carbons (Fsp3) is 0.800. The molecule has 2 nitrogen and oxygen atoms in total. The largest absolute Gasteiger partial charge is 0.396 e. The smallest absolute Gasteiger partial charge is 0.0445 e. The van der Waals surface area contributed by atoms with Gasteiger partial charge in [0.2, 0.25) is 0 Å². The molecule has 0 aliphatic heterocycles. The van der Waals surface area contributed by atoms with Gasteiger partial charge in [-0.15, -0.1) is 6.58 Å². The van der Waals surface area contributed by atoms with E-state index >= 15 is 0 Å².